The van der Waals surface area contributed by atoms with Gasteiger partial charge in [0.05, 0.1) is 49.8 Å². The number of aldehydes is 3. The van der Waals surface area contributed by atoms with Gasteiger partial charge in [-0.25, -0.2) is 0 Å². The molecule has 646 valence electrons. The third kappa shape index (κ3) is 48.2. The zero-order valence-electron chi connectivity index (χ0n) is 70.6. The maximum Gasteiger partial charge on any atom is 0.377 e. The first kappa shape index (κ1) is 123. The van der Waals surface area contributed by atoms with Crippen molar-refractivity contribution in [1.29, 1.82) is 0 Å². The standard InChI is InChI=1S/3C13H18ClNOSi.C11H24O2Si.C8H18O2Si.2C8H16O.2C5H10O.5CH4/c3*1-4-10-17(14)15(3)11(2)13(16-17)12-8-6-5-7-9-12;1-7-8-10(12)9-13-14(5,6)11(2,3)4;1-8(2,3)11(4,5)10-7-6-9;1-5-6-7(9)8(2,3)4;1-4-5-8(9)6-7(2)3;1-5(2,3)4-6;1-5(2)3-4-6;;;;;/h3*4-9,11,13H,1,10H2,2-3H3;7,10,12H,1,8-9H2,2-6H3;6H,7H2,1-5H3;5,7,9H,1,6H2,2-4H3;4,7-9H,1,5-6H2,2-3H3;4H,1-3H3;4-5H,3H2,1-2H3;5*1H4/t3*11-,13+,17?;10-;;7-;8-;;;;;;;/m0000.00......./s1. The number of benzene rings is 3. The fourth-order valence-electron chi connectivity index (χ4n) is 9.51. The SMILES string of the molecule is C.C.C.C.C.C=CC[C@H](O)C(C)(C)C.C=CC[C@H](O)CC(C)C.C=CC[C@H](O)CO[Si](C)(C)C(C)(C)C.C=CC[Si]1(Cl)O[C@@H](c2ccccc2)[C@H](C)N1C.C=CC[Si]1(Cl)O[C@@H](c2ccccc2)[C@H](C)N1C.C=CC[Si]1(Cl)O[C@@H](c2ccccc2)[C@H](C)N1C.CC(C)(C)C=O.CC(C)(C)[Si](C)(C)OCC=O.CC(C)CC=O. The molecule has 3 unspecified atom stereocenters. The van der Waals surface area contributed by atoms with Gasteiger partial charge in [0.1, 0.15) is 18.9 Å². The second-order valence-electron chi connectivity index (χ2n) is 33.4. The minimum Gasteiger partial charge on any atom is -0.414 e. The molecule has 3 aliphatic rings. The molecule has 12 atom stereocenters. The van der Waals surface area contributed by atoms with Crippen molar-refractivity contribution >= 4 is 92.1 Å². The van der Waals surface area contributed by atoms with Crippen LogP contribution >= 0.6 is 33.2 Å². The van der Waals surface area contributed by atoms with Crippen molar-refractivity contribution in [2.75, 3.05) is 34.4 Å². The number of likely N-dealkylation sites (N-methyl/N-ethyl adjacent to an activating group) is 3. The van der Waals surface area contributed by atoms with Crippen LogP contribution in [0.3, 0.4) is 0 Å². The van der Waals surface area contributed by atoms with Crippen molar-refractivity contribution in [2.24, 2.45) is 22.7 Å². The van der Waals surface area contributed by atoms with Crippen LogP contribution in [0.1, 0.15) is 236 Å². The van der Waals surface area contributed by atoms with E-state index in [1.54, 1.807) is 18.2 Å². The van der Waals surface area contributed by atoms with E-state index in [4.69, 9.17) is 60.5 Å². The van der Waals surface area contributed by atoms with Crippen LogP contribution in [0.4, 0.5) is 0 Å². The molecule has 3 heterocycles. The van der Waals surface area contributed by atoms with E-state index in [0.29, 0.717) is 55.8 Å². The van der Waals surface area contributed by atoms with Gasteiger partial charge in [0, 0.05) is 48.1 Å². The Morgan fingerprint density at radius 1 is 0.459 bits per heavy atom. The minimum atomic E-state index is -2.31. The van der Waals surface area contributed by atoms with Crippen LogP contribution in [-0.2, 0) is 36.5 Å². The highest BCUT2D eigenvalue weighted by molar-refractivity contribution is 7.16. The molecule has 3 N–H and O–H groups in total. The van der Waals surface area contributed by atoms with Crippen LogP contribution in [0.5, 0.6) is 0 Å². The van der Waals surface area contributed by atoms with Crippen molar-refractivity contribution in [3.05, 3.63) is 184 Å². The fourth-order valence-corrected chi connectivity index (χ4v) is 21.8. The molecule has 3 saturated heterocycles. The lowest BCUT2D eigenvalue weighted by molar-refractivity contribution is -0.114. The zero-order chi connectivity index (χ0) is 82.9. The molecule has 3 aliphatic heterocycles. The smallest absolute Gasteiger partial charge is 0.377 e. The van der Waals surface area contributed by atoms with Crippen molar-refractivity contribution in [3.63, 3.8) is 0 Å². The molecule has 0 spiro atoms. The van der Waals surface area contributed by atoms with Crippen molar-refractivity contribution in [2.45, 2.75) is 310 Å². The largest absolute Gasteiger partial charge is 0.414 e. The number of hydrogen-bond acceptors (Lipinski definition) is 14. The maximum atomic E-state index is 10.1. The third-order valence-corrected chi connectivity index (χ3v) is 41.1. The summed E-state index contributed by atoms with van der Waals surface area (Å²) in [5.74, 6) is 1.11. The summed E-state index contributed by atoms with van der Waals surface area (Å²) in [5, 5.41) is 28.4. The Labute approximate surface area is 703 Å². The van der Waals surface area contributed by atoms with E-state index in [1.807, 2.05) is 128 Å². The van der Waals surface area contributed by atoms with Gasteiger partial charge in [-0.15, -0.1) is 72.7 Å². The molecule has 14 nitrogen and oxygen atoms in total. The molecular weight excluding hydrogens is 1530 g/mol. The number of allylic oxidation sites excluding steroid dienone is 3. The maximum absolute atomic E-state index is 10.1. The summed E-state index contributed by atoms with van der Waals surface area (Å²) in [5.41, 5.74) is 3.46. The van der Waals surface area contributed by atoms with Gasteiger partial charge in [0.25, 0.3) is 0 Å². The lowest BCUT2D eigenvalue weighted by atomic mass is 9.87. The molecule has 22 heteroatoms. The summed E-state index contributed by atoms with van der Waals surface area (Å²) in [6.07, 6.45) is 16.5. The Bertz CT molecular complexity index is 2730. The van der Waals surface area contributed by atoms with Crippen LogP contribution in [0, 0.1) is 22.7 Å². The van der Waals surface area contributed by atoms with E-state index in [1.165, 1.54) is 16.7 Å². The molecule has 6 rings (SSSR count). The molecule has 0 radical (unpaired) electrons. The molecule has 3 aromatic rings. The topological polar surface area (TPSA) is 168 Å². The molecule has 3 fully saturated rings. The van der Waals surface area contributed by atoms with E-state index in [0.717, 1.165) is 49.8 Å². The highest BCUT2D eigenvalue weighted by atomic mass is 35.6. The van der Waals surface area contributed by atoms with Crippen LogP contribution in [0.15, 0.2) is 167 Å². The molecular formula is C89H168Cl3N3O11Si5. The summed E-state index contributed by atoms with van der Waals surface area (Å²) in [6.45, 7) is 70.8. The third-order valence-electron chi connectivity index (χ3n) is 18.9. The number of carbonyl (C=O) groups is 3. The van der Waals surface area contributed by atoms with E-state index in [9.17, 15) is 24.6 Å². The highest BCUT2D eigenvalue weighted by Crippen LogP contribution is 2.44. The average molecular weight is 1700 g/mol. The monoisotopic (exact) mass is 1700 g/mol. The number of aliphatic hydroxyl groups excluding tert-OH is 3. The van der Waals surface area contributed by atoms with Gasteiger partial charge in [-0.1, -0.05) is 275 Å². The van der Waals surface area contributed by atoms with Crippen molar-refractivity contribution < 1.29 is 51.8 Å². The van der Waals surface area contributed by atoms with Crippen LogP contribution in [-0.4, -0.2) is 159 Å². The van der Waals surface area contributed by atoms with Gasteiger partial charge in [0.2, 0.25) is 0 Å². The molecule has 0 aliphatic carbocycles. The first-order chi connectivity index (χ1) is 48.7. The van der Waals surface area contributed by atoms with Crippen LogP contribution in [0.2, 0.25) is 54.4 Å². The number of carbonyl (C=O) groups excluding carboxylic acids is 3. The second-order valence-corrected chi connectivity index (χ2v) is 56.5. The Hall–Kier alpha value is -3.38. The molecule has 3 aromatic carbocycles. The highest BCUT2D eigenvalue weighted by Gasteiger charge is 2.53. The second kappa shape index (κ2) is 60.2. The first-order valence-electron chi connectivity index (χ1n) is 37.5. The summed E-state index contributed by atoms with van der Waals surface area (Å²) in [4.78, 5) is 29.5. The number of nitrogens with zero attached hydrogens (tertiary/aromatic N) is 3. The molecule has 111 heavy (non-hydrogen) atoms. The van der Waals surface area contributed by atoms with Gasteiger partial charge in [-0.05, 0) is 138 Å². The van der Waals surface area contributed by atoms with Gasteiger partial charge in [0.15, 0.2) is 16.6 Å². The fraction of sp³-hybridized carbons (Fsp3) is 0.629. The number of aliphatic hydroxyl groups is 3. The normalized spacial score (nSPS) is 22.2. The summed E-state index contributed by atoms with van der Waals surface area (Å²) < 4.78 is 36.4. The number of rotatable bonds is 25. The van der Waals surface area contributed by atoms with Crippen molar-refractivity contribution in [3.8, 4) is 0 Å². The van der Waals surface area contributed by atoms with E-state index in [2.05, 4.69) is 213 Å². The lowest BCUT2D eigenvalue weighted by Crippen LogP contribution is -2.44. The zero-order valence-corrected chi connectivity index (χ0v) is 77.9. The predicted molar refractivity (Wildman–Crippen MR) is 501 cm³/mol. The number of halogens is 3. The summed E-state index contributed by atoms with van der Waals surface area (Å²) in [7, 11) is -4.13. The Morgan fingerprint density at radius 3 is 0.937 bits per heavy atom. The average Bonchev–Trinajstić information content (AvgIpc) is 1.65. The van der Waals surface area contributed by atoms with E-state index < -0.39 is 46.1 Å². The quantitative estimate of drug-likeness (QED) is 0.0317. The Balaban J connectivity index is -0.000000182. The Morgan fingerprint density at radius 2 is 0.739 bits per heavy atom. The molecule has 0 aromatic heterocycles. The van der Waals surface area contributed by atoms with E-state index in [-0.39, 0.29) is 95.2 Å². The first-order valence-corrected chi connectivity index (χ1v) is 52.5. The Kier molecular flexibility index (Phi) is 66.8. The van der Waals surface area contributed by atoms with Crippen molar-refractivity contribution in [1.82, 2.24) is 13.7 Å². The molecule has 0 bridgehead atoms. The van der Waals surface area contributed by atoms with E-state index >= 15 is 0 Å². The minimum absolute atomic E-state index is 0. The van der Waals surface area contributed by atoms with Crippen LogP contribution in [0.25, 0.3) is 0 Å². The van der Waals surface area contributed by atoms with Crippen LogP contribution < -0.4 is 0 Å². The van der Waals surface area contributed by atoms with Gasteiger partial charge in [-0.3, -0.25) is 13.7 Å². The molecule has 0 amide bonds. The molecule has 0 saturated carbocycles. The van der Waals surface area contributed by atoms with Gasteiger partial charge in [-0.2, -0.15) is 0 Å². The summed E-state index contributed by atoms with van der Waals surface area (Å²) >= 11 is 19.9. The van der Waals surface area contributed by atoms with Gasteiger partial charge < -0.3 is 51.8 Å². The van der Waals surface area contributed by atoms with Gasteiger partial charge >= 0.3 is 23.4 Å². The number of hydrogen-bond donors (Lipinski definition) is 3. The lowest BCUT2D eigenvalue weighted by Gasteiger charge is -2.36. The predicted octanol–water partition coefficient (Wildman–Crippen LogP) is 25.1. The summed E-state index contributed by atoms with van der Waals surface area (Å²) in [6, 6.07) is 34.0.